The van der Waals surface area contributed by atoms with Crippen LogP contribution < -0.4 is 15.4 Å². The van der Waals surface area contributed by atoms with E-state index in [-0.39, 0.29) is 6.61 Å². The molecular weight excluding hydrogens is 300 g/mol. The van der Waals surface area contributed by atoms with Crippen molar-refractivity contribution in [2.75, 3.05) is 20.3 Å². The minimum Gasteiger partial charge on any atom is -0.481 e. The fraction of sp³-hybridized carbons (Fsp3) is 0.188. The van der Waals surface area contributed by atoms with Crippen LogP contribution in [0.3, 0.4) is 0 Å². The van der Waals surface area contributed by atoms with E-state index < -0.39 is 24.5 Å². The van der Waals surface area contributed by atoms with E-state index in [4.69, 9.17) is 9.47 Å². The van der Waals surface area contributed by atoms with Gasteiger partial charge in [-0.3, -0.25) is 10.1 Å². The van der Waals surface area contributed by atoms with Crippen molar-refractivity contribution in [1.29, 1.82) is 0 Å². The molecule has 3 amide bonds. The number of amides is 3. The third-order valence-electron chi connectivity index (χ3n) is 2.94. The maximum absolute atomic E-state index is 11.6. The van der Waals surface area contributed by atoms with Crippen LogP contribution in [0.4, 0.5) is 4.79 Å². The molecule has 0 saturated heterocycles. The number of carbonyl (C=O) groups is 3. The lowest BCUT2D eigenvalue weighted by Crippen LogP contribution is -2.40. The van der Waals surface area contributed by atoms with Crippen LogP contribution >= 0.6 is 0 Å². The van der Waals surface area contributed by atoms with Gasteiger partial charge in [-0.05, 0) is 11.5 Å². The van der Waals surface area contributed by atoms with Crippen LogP contribution in [0.2, 0.25) is 0 Å². The summed E-state index contributed by atoms with van der Waals surface area (Å²) in [6.07, 6.45) is 0. The van der Waals surface area contributed by atoms with Gasteiger partial charge in [0, 0.05) is 12.4 Å². The van der Waals surface area contributed by atoms with Crippen molar-refractivity contribution in [3.63, 3.8) is 0 Å². The van der Waals surface area contributed by atoms with Crippen molar-refractivity contribution >= 4 is 28.7 Å². The summed E-state index contributed by atoms with van der Waals surface area (Å²) in [5.74, 6) is -0.872. The van der Waals surface area contributed by atoms with Crippen molar-refractivity contribution in [2.45, 2.75) is 0 Å². The van der Waals surface area contributed by atoms with Gasteiger partial charge in [-0.25, -0.2) is 9.59 Å². The van der Waals surface area contributed by atoms with Crippen LogP contribution in [0, 0.1) is 0 Å². The molecule has 0 unspecified atom stereocenters. The monoisotopic (exact) mass is 316 g/mol. The number of fused-ring (bicyclic) bond motifs is 1. The fourth-order valence-electron chi connectivity index (χ4n) is 1.87. The summed E-state index contributed by atoms with van der Waals surface area (Å²) in [5.41, 5.74) is 0. The number of nitrogens with one attached hydrogen (secondary N) is 2. The highest BCUT2D eigenvalue weighted by molar-refractivity contribution is 5.95. The SMILES string of the molecule is CNC(=O)NC(=O)COC(=O)COc1cccc2ccccc12. The second-order valence-electron chi connectivity index (χ2n) is 4.55. The average molecular weight is 316 g/mol. The van der Waals surface area contributed by atoms with Gasteiger partial charge in [0.15, 0.2) is 13.2 Å². The summed E-state index contributed by atoms with van der Waals surface area (Å²) in [4.78, 5) is 33.8. The first-order valence-corrected chi connectivity index (χ1v) is 6.88. The number of urea groups is 1. The van der Waals surface area contributed by atoms with E-state index in [1.807, 2.05) is 41.7 Å². The maximum atomic E-state index is 11.6. The first-order chi connectivity index (χ1) is 11.1. The van der Waals surface area contributed by atoms with Crippen LogP contribution in [0.1, 0.15) is 0 Å². The summed E-state index contributed by atoms with van der Waals surface area (Å²) in [6, 6.07) is 12.4. The maximum Gasteiger partial charge on any atom is 0.344 e. The molecule has 0 aliphatic carbocycles. The third-order valence-corrected chi connectivity index (χ3v) is 2.94. The van der Waals surface area contributed by atoms with Crippen molar-refractivity contribution in [1.82, 2.24) is 10.6 Å². The molecule has 0 heterocycles. The zero-order valence-electron chi connectivity index (χ0n) is 12.5. The molecule has 2 aromatic rings. The summed E-state index contributed by atoms with van der Waals surface area (Å²) in [6.45, 7) is -0.883. The minimum atomic E-state index is -0.720. The lowest BCUT2D eigenvalue weighted by molar-refractivity contribution is -0.150. The Balaban J connectivity index is 1.84. The highest BCUT2D eigenvalue weighted by Crippen LogP contribution is 2.24. The molecule has 0 aliphatic heterocycles. The van der Waals surface area contributed by atoms with Gasteiger partial charge >= 0.3 is 12.0 Å². The number of benzene rings is 2. The number of carbonyl (C=O) groups excluding carboxylic acids is 3. The first kappa shape index (κ1) is 16.3. The quantitative estimate of drug-likeness (QED) is 0.809. The molecule has 23 heavy (non-hydrogen) atoms. The van der Waals surface area contributed by atoms with Gasteiger partial charge in [-0.15, -0.1) is 0 Å². The van der Waals surface area contributed by atoms with Crippen LogP contribution in [-0.4, -0.2) is 38.2 Å². The molecule has 0 fully saturated rings. The molecular formula is C16H16N2O5. The van der Waals surface area contributed by atoms with Crippen molar-refractivity contribution in [2.24, 2.45) is 0 Å². The molecule has 0 aromatic heterocycles. The average Bonchev–Trinajstić information content (AvgIpc) is 2.57. The van der Waals surface area contributed by atoms with Gasteiger partial charge in [0.25, 0.3) is 5.91 Å². The smallest absolute Gasteiger partial charge is 0.344 e. The van der Waals surface area contributed by atoms with Crippen LogP contribution in [-0.2, 0) is 14.3 Å². The molecule has 2 aromatic carbocycles. The van der Waals surface area contributed by atoms with E-state index in [1.165, 1.54) is 7.05 Å². The normalized spacial score (nSPS) is 9.96. The van der Waals surface area contributed by atoms with Gasteiger partial charge in [-0.2, -0.15) is 0 Å². The minimum absolute atomic E-state index is 0.332. The lowest BCUT2D eigenvalue weighted by Gasteiger charge is -2.09. The topological polar surface area (TPSA) is 93.7 Å². The summed E-state index contributed by atoms with van der Waals surface area (Å²) < 4.78 is 10.2. The molecule has 0 radical (unpaired) electrons. The van der Waals surface area contributed by atoms with Crippen LogP contribution in [0.15, 0.2) is 42.5 Å². The Labute approximate surface area is 132 Å². The third kappa shape index (κ3) is 4.70. The lowest BCUT2D eigenvalue weighted by atomic mass is 10.1. The molecule has 2 rings (SSSR count). The van der Waals surface area contributed by atoms with E-state index in [0.29, 0.717) is 5.75 Å². The Hall–Kier alpha value is -3.09. The Bertz CT molecular complexity index is 724. The molecule has 0 saturated carbocycles. The van der Waals surface area contributed by atoms with Gasteiger partial charge in [0.1, 0.15) is 5.75 Å². The number of imide groups is 1. The predicted molar refractivity (Wildman–Crippen MR) is 83.0 cm³/mol. The number of ether oxygens (including phenoxy) is 2. The van der Waals surface area contributed by atoms with Gasteiger partial charge in [0.05, 0.1) is 0 Å². The zero-order valence-corrected chi connectivity index (χ0v) is 12.5. The van der Waals surface area contributed by atoms with Crippen LogP contribution in [0.5, 0.6) is 5.75 Å². The molecule has 0 spiro atoms. The molecule has 120 valence electrons. The van der Waals surface area contributed by atoms with Crippen LogP contribution in [0.25, 0.3) is 10.8 Å². The Morgan fingerprint density at radius 3 is 2.52 bits per heavy atom. The largest absolute Gasteiger partial charge is 0.481 e. The Morgan fingerprint density at radius 2 is 1.74 bits per heavy atom. The van der Waals surface area contributed by atoms with Gasteiger partial charge in [0.2, 0.25) is 0 Å². The second-order valence-corrected chi connectivity index (χ2v) is 4.55. The fourth-order valence-corrected chi connectivity index (χ4v) is 1.87. The standard InChI is InChI=1S/C16H16N2O5/c1-17-16(21)18-14(19)9-23-15(20)10-22-13-8-4-6-11-5-2-3-7-12(11)13/h2-8H,9-10H2,1H3,(H2,17,18,19,21). The molecule has 2 N–H and O–H groups in total. The molecule has 7 nitrogen and oxygen atoms in total. The summed E-state index contributed by atoms with van der Waals surface area (Å²) in [5, 5.41) is 6.05. The second kappa shape index (κ2) is 7.79. The van der Waals surface area contributed by atoms with Gasteiger partial charge in [-0.1, -0.05) is 36.4 Å². The predicted octanol–water partition coefficient (Wildman–Crippen LogP) is 1.22. The highest BCUT2D eigenvalue weighted by atomic mass is 16.6. The number of rotatable bonds is 5. The summed E-state index contributed by atoms with van der Waals surface area (Å²) in [7, 11) is 1.37. The number of esters is 1. The van der Waals surface area contributed by atoms with Crippen molar-refractivity contribution in [3.8, 4) is 5.75 Å². The van der Waals surface area contributed by atoms with E-state index >= 15 is 0 Å². The first-order valence-electron chi connectivity index (χ1n) is 6.88. The number of hydrogen-bond donors (Lipinski definition) is 2. The molecule has 0 bridgehead atoms. The molecule has 0 aliphatic rings. The van der Waals surface area contributed by atoms with E-state index in [2.05, 4.69) is 5.32 Å². The van der Waals surface area contributed by atoms with Crippen molar-refractivity contribution in [3.05, 3.63) is 42.5 Å². The van der Waals surface area contributed by atoms with E-state index in [0.717, 1.165) is 10.8 Å². The van der Waals surface area contributed by atoms with Gasteiger partial charge < -0.3 is 14.8 Å². The Kier molecular flexibility index (Phi) is 5.51. The van der Waals surface area contributed by atoms with E-state index in [1.54, 1.807) is 6.07 Å². The zero-order chi connectivity index (χ0) is 16.7. The Morgan fingerprint density at radius 1 is 1.00 bits per heavy atom. The van der Waals surface area contributed by atoms with Crippen molar-refractivity contribution < 1.29 is 23.9 Å². The van der Waals surface area contributed by atoms with E-state index in [9.17, 15) is 14.4 Å². The number of hydrogen-bond acceptors (Lipinski definition) is 5. The highest BCUT2D eigenvalue weighted by Gasteiger charge is 2.11. The molecule has 0 atom stereocenters. The molecule has 7 heteroatoms. The summed E-state index contributed by atoms with van der Waals surface area (Å²) >= 11 is 0.